The topological polar surface area (TPSA) is 67.2 Å². The van der Waals surface area contributed by atoms with Crippen LogP contribution >= 0.6 is 0 Å². The van der Waals surface area contributed by atoms with Gasteiger partial charge in [0.1, 0.15) is 17.0 Å². The van der Waals surface area contributed by atoms with Crippen LogP contribution in [0.25, 0.3) is 16.7 Å². The number of benzene rings is 2. The van der Waals surface area contributed by atoms with Gasteiger partial charge in [0.15, 0.2) is 0 Å². The third-order valence-electron chi connectivity index (χ3n) is 2.98. The molecule has 0 fully saturated rings. The van der Waals surface area contributed by atoms with Crippen LogP contribution in [0.3, 0.4) is 0 Å². The summed E-state index contributed by atoms with van der Waals surface area (Å²) in [6.07, 6.45) is 0. The summed E-state index contributed by atoms with van der Waals surface area (Å²) in [7, 11) is 1.55. The highest BCUT2D eigenvalue weighted by molar-refractivity contribution is 5.83. The molecule has 0 bridgehead atoms. The first kappa shape index (κ1) is 11.4. The Bertz CT molecular complexity index is 802. The van der Waals surface area contributed by atoms with Gasteiger partial charge >= 0.3 is 5.69 Å². The highest BCUT2D eigenvalue weighted by atomic mass is 16.5. The summed E-state index contributed by atoms with van der Waals surface area (Å²) in [5.74, 6) is 0.702. The normalized spacial score (nSPS) is 10.8. The van der Waals surface area contributed by atoms with Gasteiger partial charge in [0.25, 0.3) is 0 Å². The summed E-state index contributed by atoms with van der Waals surface area (Å²) < 4.78 is 6.77. The molecule has 0 spiro atoms. The molecular formula is C14H12N2O3. The molecule has 5 nitrogen and oxygen atoms in total. The minimum atomic E-state index is -0.273. The lowest BCUT2D eigenvalue weighted by Crippen LogP contribution is -2.14. The number of methoxy groups -OCH3 is 1. The first-order valence-corrected chi connectivity index (χ1v) is 5.78. The van der Waals surface area contributed by atoms with Gasteiger partial charge in [0.05, 0.1) is 18.3 Å². The Labute approximate surface area is 108 Å². The van der Waals surface area contributed by atoms with Gasteiger partial charge in [-0.1, -0.05) is 12.1 Å². The molecule has 19 heavy (non-hydrogen) atoms. The van der Waals surface area contributed by atoms with Crippen LogP contribution in [0.4, 0.5) is 0 Å². The maximum absolute atomic E-state index is 12.1. The van der Waals surface area contributed by atoms with Crippen molar-refractivity contribution in [3.8, 4) is 17.2 Å². The molecule has 0 radical (unpaired) electrons. The first-order valence-electron chi connectivity index (χ1n) is 5.78. The van der Waals surface area contributed by atoms with Crippen molar-refractivity contribution >= 4 is 11.0 Å². The highest BCUT2D eigenvalue weighted by Crippen LogP contribution is 2.26. The lowest BCUT2D eigenvalue weighted by atomic mass is 10.2. The summed E-state index contributed by atoms with van der Waals surface area (Å²) in [5.41, 5.74) is 1.65. The van der Waals surface area contributed by atoms with E-state index in [1.165, 1.54) is 10.6 Å². The Morgan fingerprint density at radius 1 is 1.21 bits per heavy atom. The van der Waals surface area contributed by atoms with Crippen LogP contribution in [0.5, 0.6) is 11.5 Å². The fourth-order valence-corrected chi connectivity index (χ4v) is 2.17. The van der Waals surface area contributed by atoms with Crippen LogP contribution in [-0.4, -0.2) is 21.8 Å². The Morgan fingerprint density at radius 3 is 2.74 bits per heavy atom. The van der Waals surface area contributed by atoms with Gasteiger partial charge < -0.3 is 14.8 Å². The number of aromatic amines is 1. The van der Waals surface area contributed by atoms with Crippen molar-refractivity contribution in [2.24, 2.45) is 0 Å². The van der Waals surface area contributed by atoms with Crippen LogP contribution in [0, 0.1) is 0 Å². The minimum Gasteiger partial charge on any atom is -0.508 e. The molecule has 96 valence electrons. The molecular weight excluding hydrogens is 244 g/mol. The fourth-order valence-electron chi connectivity index (χ4n) is 2.17. The number of ether oxygens (including phenoxy) is 1. The Kier molecular flexibility index (Phi) is 2.52. The Morgan fingerprint density at radius 2 is 2.00 bits per heavy atom. The summed E-state index contributed by atoms with van der Waals surface area (Å²) in [6.45, 7) is 0. The molecule has 0 aliphatic heterocycles. The molecule has 0 saturated heterocycles. The quantitative estimate of drug-likeness (QED) is 0.737. The number of H-pyrrole nitrogens is 1. The standard InChI is InChI=1S/C14H12N2O3/c1-19-12-7-3-6-11-13(12)16(14(18)15-11)9-4-2-5-10(17)8-9/h2-8,17H,1H3,(H,15,18). The van der Waals surface area contributed by atoms with Gasteiger partial charge in [-0.2, -0.15) is 0 Å². The second-order valence-electron chi connectivity index (χ2n) is 4.14. The van der Waals surface area contributed by atoms with Crippen LogP contribution in [0.1, 0.15) is 0 Å². The smallest absolute Gasteiger partial charge is 0.331 e. The minimum absolute atomic E-state index is 0.105. The van der Waals surface area contributed by atoms with E-state index in [0.717, 1.165) is 0 Å². The molecule has 3 aromatic rings. The number of fused-ring (bicyclic) bond motifs is 1. The van der Waals surface area contributed by atoms with Crippen molar-refractivity contribution in [2.75, 3.05) is 7.11 Å². The number of rotatable bonds is 2. The number of hydrogen-bond acceptors (Lipinski definition) is 3. The third kappa shape index (κ3) is 1.76. The van der Waals surface area contributed by atoms with E-state index < -0.39 is 0 Å². The van der Waals surface area contributed by atoms with E-state index in [2.05, 4.69) is 4.98 Å². The van der Waals surface area contributed by atoms with Crippen LogP contribution < -0.4 is 10.4 Å². The molecule has 0 saturated carbocycles. The average molecular weight is 256 g/mol. The van der Waals surface area contributed by atoms with E-state index in [0.29, 0.717) is 22.5 Å². The zero-order valence-corrected chi connectivity index (χ0v) is 10.3. The van der Waals surface area contributed by atoms with Crippen molar-refractivity contribution in [3.63, 3.8) is 0 Å². The van der Waals surface area contributed by atoms with Gasteiger partial charge in [-0.05, 0) is 24.3 Å². The second-order valence-corrected chi connectivity index (χ2v) is 4.14. The number of imidazole rings is 1. The summed E-state index contributed by atoms with van der Waals surface area (Å²) in [6, 6.07) is 11.9. The molecule has 2 aromatic carbocycles. The third-order valence-corrected chi connectivity index (χ3v) is 2.98. The van der Waals surface area contributed by atoms with Gasteiger partial charge in [-0.3, -0.25) is 4.57 Å². The van der Waals surface area contributed by atoms with Gasteiger partial charge in [0.2, 0.25) is 0 Å². The van der Waals surface area contributed by atoms with E-state index >= 15 is 0 Å². The van der Waals surface area contributed by atoms with E-state index in [-0.39, 0.29) is 11.4 Å². The van der Waals surface area contributed by atoms with Crippen LogP contribution in [0.2, 0.25) is 0 Å². The number of hydrogen-bond donors (Lipinski definition) is 2. The summed E-state index contributed by atoms with van der Waals surface area (Å²) in [4.78, 5) is 14.9. The zero-order valence-electron chi connectivity index (χ0n) is 10.3. The van der Waals surface area contributed by atoms with Crippen molar-refractivity contribution in [2.45, 2.75) is 0 Å². The number of aromatic hydroxyl groups is 1. The second kappa shape index (κ2) is 4.20. The van der Waals surface area contributed by atoms with E-state index in [9.17, 15) is 9.90 Å². The van der Waals surface area contributed by atoms with Gasteiger partial charge in [0, 0.05) is 6.07 Å². The maximum atomic E-state index is 12.1. The SMILES string of the molecule is COc1cccc2[nH]c(=O)n(-c3cccc(O)c3)c12. The molecule has 0 unspecified atom stereocenters. The molecule has 3 rings (SSSR count). The van der Waals surface area contributed by atoms with Crippen LogP contribution in [-0.2, 0) is 0 Å². The van der Waals surface area contributed by atoms with Crippen molar-refractivity contribution in [1.29, 1.82) is 0 Å². The lowest BCUT2D eigenvalue weighted by molar-refractivity contribution is 0.418. The van der Waals surface area contributed by atoms with Gasteiger partial charge in [-0.15, -0.1) is 0 Å². The van der Waals surface area contributed by atoms with Crippen molar-refractivity contribution < 1.29 is 9.84 Å². The Balaban J connectivity index is 2.40. The molecule has 0 aliphatic rings. The monoisotopic (exact) mass is 256 g/mol. The number of nitrogens with zero attached hydrogens (tertiary/aromatic N) is 1. The van der Waals surface area contributed by atoms with E-state index in [1.807, 2.05) is 6.07 Å². The molecule has 1 heterocycles. The fraction of sp³-hybridized carbons (Fsp3) is 0.0714. The number of phenolic OH excluding ortho intramolecular Hbond substituents is 1. The number of aromatic nitrogens is 2. The molecule has 5 heteroatoms. The van der Waals surface area contributed by atoms with E-state index in [4.69, 9.17) is 4.74 Å². The lowest BCUT2D eigenvalue weighted by Gasteiger charge is -2.07. The molecule has 2 N–H and O–H groups in total. The predicted molar refractivity (Wildman–Crippen MR) is 72.1 cm³/mol. The zero-order chi connectivity index (χ0) is 13.4. The first-order chi connectivity index (χ1) is 9.20. The van der Waals surface area contributed by atoms with Crippen molar-refractivity contribution in [1.82, 2.24) is 9.55 Å². The van der Waals surface area contributed by atoms with Gasteiger partial charge in [-0.25, -0.2) is 4.79 Å². The largest absolute Gasteiger partial charge is 0.508 e. The predicted octanol–water partition coefficient (Wildman–Crippen LogP) is 2.03. The number of para-hydroxylation sites is 1. The van der Waals surface area contributed by atoms with Crippen molar-refractivity contribution in [3.05, 3.63) is 52.9 Å². The maximum Gasteiger partial charge on any atom is 0.331 e. The molecule has 0 atom stereocenters. The molecule has 0 amide bonds. The number of phenols is 1. The summed E-state index contributed by atoms with van der Waals surface area (Å²) in [5, 5.41) is 9.54. The average Bonchev–Trinajstić information content (AvgIpc) is 2.74. The molecule has 0 aliphatic carbocycles. The summed E-state index contributed by atoms with van der Waals surface area (Å²) >= 11 is 0. The van der Waals surface area contributed by atoms with E-state index in [1.54, 1.807) is 37.4 Å². The molecule has 1 aromatic heterocycles. The number of nitrogens with one attached hydrogen (secondary N) is 1. The highest BCUT2D eigenvalue weighted by Gasteiger charge is 2.13. The Hall–Kier alpha value is -2.69. The van der Waals surface area contributed by atoms with Crippen LogP contribution in [0.15, 0.2) is 47.3 Å².